The molecule has 6 nitrogen and oxygen atoms in total. The van der Waals surface area contributed by atoms with Crippen LogP contribution in [-0.2, 0) is 0 Å². The quantitative estimate of drug-likeness (QED) is 0.693. The smallest absolute Gasteiger partial charge is 0.275 e. The SMILES string of the molecule is COc1ccc(C(=O)Nc2nc(C(=O)Nc3c(F)cccc3F)cs2)cc1. The highest BCUT2D eigenvalue weighted by Gasteiger charge is 2.17. The van der Waals surface area contributed by atoms with Crippen LogP contribution in [0.15, 0.2) is 47.8 Å². The van der Waals surface area contributed by atoms with E-state index in [1.54, 1.807) is 24.3 Å². The van der Waals surface area contributed by atoms with Crippen LogP contribution in [-0.4, -0.2) is 23.9 Å². The highest BCUT2D eigenvalue weighted by atomic mass is 32.1. The van der Waals surface area contributed by atoms with Gasteiger partial charge in [-0.05, 0) is 36.4 Å². The summed E-state index contributed by atoms with van der Waals surface area (Å²) in [6.45, 7) is 0. The molecule has 1 heterocycles. The fraction of sp³-hybridized carbons (Fsp3) is 0.0556. The van der Waals surface area contributed by atoms with Crippen molar-refractivity contribution in [2.75, 3.05) is 17.7 Å². The zero-order valence-corrected chi connectivity index (χ0v) is 14.8. The first kappa shape index (κ1) is 18.5. The normalized spacial score (nSPS) is 10.3. The Morgan fingerprint density at radius 2 is 1.67 bits per heavy atom. The van der Waals surface area contributed by atoms with Crippen LogP contribution >= 0.6 is 11.3 Å². The molecule has 0 unspecified atom stereocenters. The monoisotopic (exact) mass is 389 g/mol. The summed E-state index contributed by atoms with van der Waals surface area (Å²) in [6, 6.07) is 9.68. The Hall–Kier alpha value is -3.33. The number of carbonyl (C=O) groups excluding carboxylic acids is 2. The van der Waals surface area contributed by atoms with Gasteiger partial charge in [-0.25, -0.2) is 13.8 Å². The zero-order valence-electron chi connectivity index (χ0n) is 14.0. The molecular formula is C18H13F2N3O3S. The minimum Gasteiger partial charge on any atom is -0.497 e. The first-order chi connectivity index (χ1) is 13.0. The molecule has 1 aromatic heterocycles. The van der Waals surface area contributed by atoms with E-state index in [4.69, 9.17) is 4.74 Å². The summed E-state index contributed by atoms with van der Waals surface area (Å²) in [5.74, 6) is -2.39. The molecule has 2 amide bonds. The van der Waals surface area contributed by atoms with Gasteiger partial charge in [-0.15, -0.1) is 11.3 Å². The summed E-state index contributed by atoms with van der Waals surface area (Å²) < 4.78 is 32.2. The zero-order chi connectivity index (χ0) is 19.4. The van der Waals surface area contributed by atoms with Gasteiger partial charge in [-0.3, -0.25) is 14.9 Å². The highest BCUT2D eigenvalue weighted by Crippen LogP contribution is 2.21. The maximum absolute atomic E-state index is 13.6. The van der Waals surface area contributed by atoms with Crippen molar-refractivity contribution in [3.05, 3.63) is 70.7 Å². The first-order valence-corrected chi connectivity index (χ1v) is 8.52. The number of para-hydroxylation sites is 1. The van der Waals surface area contributed by atoms with Crippen molar-refractivity contribution in [1.29, 1.82) is 0 Å². The van der Waals surface area contributed by atoms with Crippen LogP contribution in [0.25, 0.3) is 0 Å². The minimum atomic E-state index is -0.897. The van der Waals surface area contributed by atoms with E-state index in [1.807, 2.05) is 0 Å². The second-order valence-corrected chi connectivity index (χ2v) is 6.13. The van der Waals surface area contributed by atoms with Crippen molar-refractivity contribution in [3.8, 4) is 5.75 Å². The van der Waals surface area contributed by atoms with E-state index in [2.05, 4.69) is 15.6 Å². The third-order valence-corrected chi connectivity index (χ3v) is 4.27. The van der Waals surface area contributed by atoms with Gasteiger partial charge in [0.25, 0.3) is 11.8 Å². The number of hydrogen-bond acceptors (Lipinski definition) is 5. The van der Waals surface area contributed by atoms with Crippen LogP contribution in [0.2, 0.25) is 0 Å². The molecule has 0 radical (unpaired) electrons. The number of aromatic nitrogens is 1. The number of nitrogens with one attached hydrogen (secondary N) is 2. The van der Waals surface area contributed by atoms with Gasteiger partial charge in [0.2, 0.25) is 0 Å². The molecule has 27 heavy (non-hydrogen) atoms. The lowest BCUT2D eigenvalue weighted by Gasteiger charge is -2.05. The number of ether oxygens (including phenoxy) is 1. The van der Waals surface area contributed by atoms with E-state index < -0.39 is 29.1 Å². The second kappa shape index (κ2) is 7.92. The molecule has 3 aromatic rings. The summed E-state index contributed by atoms with van der Waals surface area (Å²) in [5, 5.41) is 6.24. The summed E-state index contributed by atoms with van der Waals surface area (Å²) in [4.78, 5) is 28.3. The molecule has 0 aliphatic carbocycles. The maximum atomic E-state index is 13.6. The molecule has 2 N–H and O–H groups in total. The van der Waals surface area contributed by atoms with Crippen molar-refractivity contribution in [2.45, 2.75) is 0 Å². The molecule has 2 aromatic carbocycles. The highest BCUT2D eigenvalue weighted by molar-refractivity contribution is 7.14. The number of nitrogens with zero attached hydrogens (tertiary/aromatic N) is 1. The average molecular weight is 389 g/mol. The molecule has 0 aliphatic heterocycles. The number of amides is 2. The van der Waals surface area contributed by atoms with Gasteiger partial charge in [-0.2, -0.15) is 0 Å². The van der Waals surface area contributed by atoms with Gasteiger partial charge >= 0.3 is 0 Å². The molecule has 9 heteroatoms. The lowest BCUT2D eigenvalue weighted by molar-refractivity contribution is 0.101. The number of methoxy groups -OCH3 is 1. The molecule has 138 valence electrons. The Labute approximate surface area is 156 Å². The Morgan fingerprint density at radius 1 is 1.00 bits per heavy atom. The van der Waals surface area contributed by atoms with Gasteiger partial charge < -0.3 is 10.1 Å². The summed E-state index contributed by atoms with van der Waals surface area (Å²) >= 11 is 1.01. The van der Waals surface area contributed by atoms with Crippen LogP contribution < -0.4 is 15.4 Å². The molecule has 3 rings (SSSR count). The van der Waals surface area contributed by atoms with Gasteiger partial charge in [0.05, 0.1) is 7.11 Å². The van der Waals surface area contributed by atoms with Gasteiger partial charge in [-0.1, -0.05) is 6.07 Å². The second-order valence-electron chi connectivity index (χ2n) is 5.27. The average Bonchev–Trinajstić information content (AvgIpc) is 3.13. The fourth-order valence-electron chi connectivity index (χ4n) is 2.14. The number of thiazole rings is 1. The van der Waals surface area contributed by atoms with Crippen molar-refractivity contribution in [3.63, 3.8) is 0 Å². The number of hydrogen-bond donors (Lipinski definition) is 2. The number of carbonyl (C=O) groups is 2. The van der Waals surface area contributed by atoms with Crippen LogP contribution in [0.3, 0.4) is 0 Å². The van der Waals surface area contributed by atoms with E-state index in [0.717, 1.165) is 23.5 Å². The Morgan fingerprint density at radius 3 is 2.30 bits per heavy atom. The number of rotatable bonds is 5. The Balaban J connectivity index is 1.68. The van der Waals surface area contributed by atoms with E-state index in [9.17, 15) is 18.4 Å². The van der Waals surface area contributed by atoms with Crippen LogP contribution in [0, 0.1) is 11.6 Å². The minimum absolute atomic E-state index is 0.0762. The summed E-state index contributed by atoms with van der Waals surface area (Å²) in [7, 11) is 1.52. The number of anilines is 2. The van der Waals surface area contributed by atoms with Crippen LogP contribution in [0.1, 0.15) is 20.8 Å². The third kappa shape index (κ3) is 4.26. The van der Waals surface area contributed by atoms with Crippen LogP contribution in [0.4, 0.5) is 19.6 Å². The van der Waals surface area contributed by atoms with Crippen molar-refractivity contribution < 1.29 is 23.1 Å². The summed E-state index contributed by atoms with van der Waals surface area (Å²) in [5.41, 5.74) is -0.252. The largest absolute Gasteiger partial charge is 0.497 e. The molecule has 0 aliphatic rings. The maximum Gasteiger partial charge on any atom is 0.275 e. The third-order valence-electron chi connectivity index (χ3n) is 3.51. The lowest BCUT2D eigenvalue weighted by atomic mass is 10.2. The Bertz CT molecular complexity index is 970. The van der Waals surface area contributed by atoms with Gasteiger partial charge in [0.1, 0.15) is 28.8 Å². The van der Waals surface area contributed by atoms with E-state index in [1.165, 1.54) is 18.6 Å². The van der Waals surface area contributed by atoms with E-state index in [0.29, 0.717) is 11.3 Å². The van der Waals surface area contributed by atoms with Gasteiger partial charge in [0.15, 0.2) is 5.13 Å². The summed E-state index contributed by atoms with van der Waals surface area (Å²) in [6.07, 6.45) is 0. The van der Waals surface area contributed by atoms with Crippen molar-refractivity contribution >= 4 is 34.0 Å². The Kier molecular flexibility index (Phi) is 5.41. The molecule has 0 spiro atoms. The molecule has 0 bridgehead atoms. The first-order valence-electron chi connectivity index (χ1n) is 7.64. The molecule has 0 saturated heterocycles. The van der Waals surface area contributed by atoms with E-state index >= 15 is 0 Å². The van der Waals surface area contributed by atoms with E-state index in [-0.39, 0.29) is 10.8 Å². The molecule has 0 saturated carbocycles. The molecule has 0 atom stereocenters. The number of halogens is 2. The molecule has 0 fully saturated rings. The predicted molar refractivity (Wildman–Crippen MR) is 97.4 cm³/mol. The predicted octanol–water partition coefficient (Wildman–Crippen LogP) is 3.93. The van der Waals surface area contributed by atoms with Crippen LogP contribution in [0.5, 0.6) is 5.75 Å². The van der Waals surface area contributed by atoms with Crippen molar-refractivity contribution in [1.82, 2.24) is 4.98 Å². The van der Waals surface area contributed by atoms with Gasteiger partial charge in [0, 0.05) is 10.9 Å². The topological polar surface area (TPSA) is 80.3 Å². The number of benzene rings is 2. The lowest BCUT2D eigenvalue weighted by Crippen LogP contribution is -2.15. The van der Waals surface area contributed by atoms with Crippen molar-refractivity contribution in [2.24, 2.45) is 0 Å². The fourth-order valence-corrected chi connectivity index (χ4v) is 2.83. The molecular weight excluding hydrogens is 376 g/mol. The standard InChI is InChI=1S/C18H13F2N3O3S/c1-26-11-7-5-10(6-8-11)16(24)23-18-21-14(9-27-18)17(25)22-15-12(19)3-2-4-13(15)20/h2-9H,1H3,(H,22,25)(H,21,23,24).